The summed E-state index contributed by atoms with van der Waals surface area (Å²) < 4.78 is 19.1. The maximum Gasteiger partial charge on any atom is 0.142 e. The second-order valence-corrected chi connectivity index (χ2v) is 6.03. The van der Waals surface area contributed by atoms with Crippen LogP contribution in [0.5, 0.6) is 5.75 Å². The lowest BCUT2D eigenvalue weighted by molar-refractivity contribution is 0.307. The van der Waals surface area contributed by atoms with Gasteiger partial charge in [-0.15, -0.1) is 0 Å². The zero-order valence-electron chi connectivity index (χ0n) is 13.2. The number of hydrogen-bond acceptors (Lipinski definition) is 2. The summed E-state index contributed by atoms with van der Waals surface area (Å²) in [6.45, 7) is 0.246. The van der Waals surface area contributed by atoms with Crippen molar-refractivity contribution in [3.8, 4) is 17.1 Å². The molecule has 5 heteroatoms. The summed E-state index contributed by atoms with van der Waals surface area (Å²) in [5.74, 6) is 1.06. The van der Waals surface area contributed by atoms with Crippen molar-refractivity contribution in [1.82, 2.24) is 9.97 Å². The fourth-order valence-electron chi connectivity index (χ4n) is 2.66. The molecular weight excluding hydrogens is 339 g/mol. The molecule has 0 bridgehead atoms. The third kappa shape index (κ3) is 3.21. The third-order valence-electron chi connectivity index (χ3n) is 3.93. The Kier molecular flexibility index (Phi) is 4.12. The first kappa shape index (κ1) is 15.7. The number of benzene rings is 3. The predicted molar refractivity (Wildman–Crippen MR) is 97.3 cm³/mol. The molecule has 0 fully saturated rings. The molecule has 1 N–H and O–H groups in total. The van der Waals surface area contributed by atoms with Crippen LogP contribution in [0.25, 0.3) is 22.4 Å². The van der Waals surface area contributed by atoms with Crippen molar-refractivity contribution in [3.63, 3.8) is 0 Å². The van der Waals surface area contributed by atoms with Crippen LogP contribution in [0.15, 0.2) is 66.7 Å². The Hall–Kier alpha value is -2.85. The molecule has 0 radical (unpaired) electrons. The Morgan fingerprint density at radius 2 is 1.80 bits per heavy atom. The SMILES string of the molecule is Fc1ccc(COc2ccccc2-c2nc3ccccc3[nH]2)c(Cl)c1. The van der Waals surface area contributed by atoms with Gasteiger partial charge in [0.15, 0.2) is 0 Å². The number of fused-ring (bicyclic) bond motifs is 1. The molecule has 0 amide bonds. The van der Waals surface area contributed by atoms with E-state index in [1.54, 1.807) is 6.07 Å². The first-order valence-corrected chi connectivity index (χ1v) is 8.19. The van der Waals surface area contributed by atoms with Crippen molar-refractivity contribution in [1.29, 1.82) is 0 Å². The quantitative estimate of drug-likeness (QED) is 0.519. The molecule has 25 heavy (non-hydrogen) atoms. The van der Waals surface area contributed by atoms with Crippen LogP contribution in [0.1, 0.15) is 5.56 Å². The summed E-state index contributed by atoms with van der Waals surface area (Å²) in [7, 11) is 0. The van der Waals surface area contributed by atoms with Gasteiger partial charge in [0.2, 0.25) is 0 Å². The highest BCUT2D eigenvalue weighted by molar-refractivity contribution is 6.31. The van der Waals surface area contributed by atoms with Crippen LogP contribution in [0.3, 0.4) is 0 Å². The van der Waals surface area contributed by atoms with Crippen LogP contribution < -0.4 is 4.74 Å². The number of H-pyrrole nitrogens is 1. The average molecular weight is 353 g/mol. The number of hydrogen-bond donors (Lipinski definition) is 1. The number of halogens is 2. The molecule has 0 saturated heterocycles. The zero-order chi connectivity index (χ0) is 17.2. The van der Waals surface area contributed by atoms with Crippen molar-refractivity contribution >= 4 is 22.6 Å². The highest BCUT2D eigenvalue weighted by Crippen LogP contribution is 2.30. The van der Waals surface area contributed by atoms with Crippen molar-refractivity contribution in [3.05, 3.63) is 83.1 Å². The Balaban J connectivity index is 1.64. The van der Waals surface area contributed by atoms with Gasteiger partial charge in [-0.3, -0.25) is 0 Å². The van der Waals surface area contributed by atoms with E-state index in [1.165, 1.54) is 12.1 Å². The molecule has 0 aliphatic heterocycles. The van der Waals surface area contributed by atoms with Gasteiger partial charge in [-0.25, -0.2) is 9.37 Å². The maximum absolute atomic E-state index is 13.2. The Morgan fingerprint density at radius 3 is 2.64 bits per heavy atom. The van der Waals surface area contributed by atoms with Crippen LogP contribution in [0, 0.1) is 5.82 Å². The third-order valence-corrected chi connectivity index (χ3v) is 4.28. The molecule has 0 atom stereocenters. The average Bonchev–Trinajstić information content (AvgIpc) is 3.05. The molecule has 1 heterocycles. The number of nitrogens with zero attached hydrogens (tertiary/aromatic N) is 1. The molecule has 0 aliphatic rings. The monoisotopic (exact) mass is 352 g/mol. The van der Waals surface area contributed by atoms with E-state index < -0.39 is 0 Å². The van der Waals surface area contributed by atoms with Gasteiger partial charge in [0.1, 0.15) is 24.0 Å². The molecule has 4 aromatic rings. The number of aromatic nitrogens is 2. The van der Waals surface area contributed by atoms with Crippen LogP contribution >= 0.6 is 11.6 Å². The first-order valence-electron chi connectivity index (χ1n) is 7.81. The number of aromatic amines is 1. The molecule has 3 nitrogen and oxygen atoms in total. The maximum atomic E-state index is 13.2. The Morgan fingerprint density at radius 1 is 1.00 bits per heavy atom. The fraction of sp³-hybridized carbons (Fsp3) is 0.0500. The molecule has 3 aromatic carbocycles. The lowest BCUT2D eigenvalue weighted by atomic mass is 10.2. The van der Waals surface area contributed by atoms with Crippen molar-refractivity contribution in [2.75, 3.05) is 0 Å². The molecule has 0 spiro atoms. The lowest BCUT2D eigenvalue weighted by Crippen LogP contribution is -1.98. The largest absolute Gasteiger partial charge is 0.488 e. The van der Waals surface area contributed by atoms with E-state index in [0.717, 1.165) is 28.0 Å². The number of rotatable bonds is 4. The summed E-state index contributed by atoms with van der Waals surface area (Å²) >= 11 is 6.07. The normalized spacial score (nSPS) is 11.0. The molecule has 0 saturated carbocycles. The Labute approximate surface area is 149 Å². The highest BCUT2D eigenvalue weighted by Gasteiger charge is 2.11. The summed E-state index contributed by atoms with van der Waals surface area (Å²) in [6.07, 6.45) is 0. The van der Waals surface area contributed by atoms with Gasteiger partial charge in [0.25, 0.3) is 0 Å². The number of nitrogens with one attached hydrogen (secondary N) is 1. The summed E-state index contributed by atoms with van der Waals surface area (Å²) in [5, 5.41) is 0.348. The number of imidazole rings is 1. The fourth-order valence-corrected chi connectivity index (χ4v) is 2.88. The van der Waals surface area contributed by atoms with Gasteiger partial charge in [-0.1, -0.05) is 41.9 Å². The molecule has 0 aliphatic carbocycles. The van der Waals surface area contributed by atoms with E-state index in [4.69, 9.17) is 16.3 Å². The Bertz CT molecular complexity index is 1010. The molecular formula is C20H14ClFN2O. The molecule has 4 rings (SSSR count). The second-order valence-electron chi connectivity index (χ2n) is 5.62. The van der Waals surface area contributed by atoms with Gasteiger partial charge in [-0.2, -0.15) is 0 Å². The van der Waals surface area contributed by atoms with Crippen LogP contribution in [0.2, 0.25) is 5.02 Å². The van der Waals surface area contributed by atoms with Gasteiger partial charge in [0.05, 0.1) is 21.6 Å². The summed E-state index contributed by atoms with van der Waals surface area (Å²) in [6, 6.07) is 19.8. The van der Waals surface area contributed by atoms with E-state index >= 15 is 0 Å². The highest BCUT2D eigenvalue weighted by atomic mass is 35.5. The first-order chi connectivity index (χ1) is 12.2. The van der Waals surface area contributed by atoms with Crippen LogP contribution in [-0.4, -0.2) is 9.97 Å². The summed E-state index contributed by atoms with van der Waals surface area (Å²) in [5.41, 5.74) is 3.45. The van der Waals surface area contributed by atoms with Crippen molar-refractivity contribution < 1.29 is 9.13 Å². The van der Waals surface area contributed by atoms with Gasteiger partial charge in [0, 0.05) is 5.56 Å². The number of ether oxygens (including phenoxy) is 1. The van der Waals surface area contributed by atoms with E-state index in [9.17, 15) is 4.39 Å². The van der Waals surface area contributed by atoms with Gasteiger partial charge >= 0.3 is 0 Å². The standard InChI is InChI=1S/C20H14ClFN2O/c21-16-11-14(22)10-9-13(16)12-25-19-8-4-1-5-15(19)20-23-17-6-2-3-7-18(17)24-20/h1-11H,12H2,(H,23,24). The minimum Gasteiger partial charge on any atom is -0.488 e. The minimum absolute atomic E-state index is 0.246. The van der Waals surface area contributed by atoms with Gasteiger partial charge in [-0.05, 0) is 36.4 Å². The molecule has 1 aromatic heterocycles. The van der Waals surface area contributed by atoms with Crippen LogP contribution in [-0.2, 0) is 6.61 Å². The summed E-state index contributed by atoms with van der Waals surface area (Å²) in [4.78, 5) is 7.92. The molecule has 124 valence electrons. The smallest absolute Gasteiger partial charge is 0.142 e. The van der Waals surface area contributed by atoms with Crippen molar-refractivity contribution in [2.45, 2.75) is 6.61 Å². The van der Waals surface area contributed by atoms with E-state index in [-0.39, 0.29) is 12.4 Å². The number of para-hydroxylation sites is 3. The zero-order valence-corrected chi connectivity index (χ0v) is 13.9. The molecule has 0 unspecified atom stereocenters. The van der Waals surface area contributed by atoms with E-state index in [0.29, 0.717) is 10.8 Å². The topological polar surface area (TPSA) is 37.9 Å². The lowest BCUT2D eigenvalue weighted by Gasteiger charge is -2.11. The van der Waals surface area contributed by atoms with Gasteiger partial charge < -0.3 is 9.72 Å². The second kappa shape index (κ2) is 6.57. The van der Waals surface area contributed by atoms with E-state index in [1.807, 2.05) is 48.5 Å². The van der Waals surface area contributed by atoms with E-state index in [2.05, 4.69) is 9.97 Å². The van der Waals surface area contributed by atoms with Crippen LogP contribution in [0.4, 0.5) is 4.39 Å². The minimum atomic E-state index is -0.364. The van der Waals surface area contributed by atoms with Crippen molar-refractivity contribution in [2.24, 2.45) is 0 Å². The predicted octanol–water partition coefficient (Wildman–Crippen LogP) is 5.60.